The third-order valence-corrected chi connectivity index (χ3v) is 1.72. The molecular formula is C8H5ClN2O2. The lowest BCUT2D eigenvalue weighted by molar-refractivity contribution is 0.100. The lowest BCUT2D eigenvalue weighted by Crippen LogP contribution is -2.11. The molecule has 1 aromatic rings. The molecule has 2 N–H and O–H groups in total. The topological polar surface area (TPSA) is 72.5 Å². The number of aliphatic imine (C=N–C) groups is 1. The number of nitrogens with zero attached hydrogens (tertiary/aromatic N) is 1. The van der Waals surface area contributed by atoms with Gasteiger partial charge >= 0.3 is 0 Å². The molecule has 0 aliphatic rings. The number of nitrogens with two attached hydrogens (primary N) is 1. The summed E-state index contributed by atoms with van der Waals surface area (Å²) in [5.41, 5.74) is 5.45. The number of carbonyl (C=O) groups is 1. The third-order valence-electron chi connectivity index (χ3n) is 1.39. The van der Waals surface area contributed by atoms with E-state index in [4.69, 9.17) is 17.3 Å². The molecule has 1 rings (SSSR count). The normalized spacial score (nSPS) is 9.00. The third kappa shape index (κ3) is 2.15. The molecule has 0 fully saturated rings. The number of hydrogen-bond acceptors (Lipinski definition) is 3. The lowest BCUT2D eigenvalue weighted by atomic mass is 10.2. The van der Waals surface area contributed by atoms with E-state index in [0.717, 1.165) is 0 Å². The molecule has 0 spiro atoms. The summed E-state index contributed by atoms with van der Waals surface area (Å²) in [7, 11) is 0. The Morgan fingerprint density at radius 2 is 2.23 bits per heavy atom. The first-order chi connectivity index (χ1) is 6.15. The molecule has 0 aromatic heterocycles. The van der Waals surface area contributed by atoms with Crippen LogP contribution in [-0.4, -0.2) is 12.0 Å². The van der Waals surface area contributed by atoms with Gasteiger partial charge in [0.2, 0.25) is 12.0 Å². The molecule has 1 aromatic carbocycles. The molecule has 13 heavy (non-hydrogen) atoms. The second kappa shape index (κ2) is 3.85. The van der Waals surface area contributed by atoms with Crippen LogP contribution in [0.1, 0.15) is 10.4 Å². The summed E-state index contributed by atoms with van der Waals surface area (Å²) in [6, 6.07) is 4.26. The SMILES string of the molecule is NC(=O)c1cc(N=C=O)ccc1Cl. The molecule has 0 saturated heterocycles. The highest BCUT2D eigenvalue weighted by Gasteiger charge is 2.06. The van der Waals surface area contributed by atoms with Crippen LogP contribution in [-0.2, 0) is 4.79 Å². The zero-order valence-corrected chi connectivity index (χ0v) is 7.21. The monoisotopic (exact) mass is 196 g/mol. The summed E-state index contributed by atoms with van der Waals surface area (Å²) in [5, 5.41) is 0.234. The van der Waals surface area contributed by atoms with Crippen LogP contribution in [0, 0.1) is 0 Å². The predicted molar refractivity (Wildman–Crippen MR) is 47.8 cm³/mol. The molecular weight excluding hydrogens is 192 g/mol. The zero-order valence-electron chi connectivity index (χ0n) is 6.45. The largest absolute Gasteiger partial charge is 0.366 e. The summed E-state index contributed by atoms with van der Waals surface area (Å²) < 4.78 is 0. The van der Waals surface area contributed by atoms with E-state index < -0.39 is 5.91 Å². The van der Waals surface area contributed by atoms with Gasteiger partial charge in [-0.3, -0.25) is 4.79 Å². The average Bonchev–Trinajstić information content (AvgIpc) is 2.08. The maximum absolute atomic E-state index is 10.8. The number of benzene rings is 1. The summed E-state index contributed by atoms with van der Waals surface area (Å²) in [5.74, 6) is -0.659. The molecule has 5 heteroatoms. The number of carbonyl (C=O) groups excluding carboxylic acids is 2. The number of amides is 1. The van der Waals surface area contributed by atoms with Crippen molar-refractivity contribution in [2.24, 2.45) is 10.7 Å². The van der Waals surface area contributed by atoms with Gasteiger partial charge in [-0.25, -0.2) is 4.79 Å². The van der Waals surface area contributed by atoms with Crippen LogP contribution in [0.15, 0.2) is 23.2 Å². The van der Waals surface area contributed by atoms with Crippen molar-refractivity contribution in [2.45, 2.75) is 0 Å². The standard InChI is InChI=1S/C8H5ClN2O2/c9-7-2-1-5(11-4-12)3-6(7)8(10)13/h1-3H,(H2,10,13). The van der Waals surface area contributed by atoms with Gasteiger partial charge in [-0.1, -0.05) is 11.6 Å². The van der Waals surface area contributed by atoms with E-state index in [1.54, 1.807) is 0 Å². The second-order valence-corrected chi connectivity index (χ2v) is 2.64. The van der Waals surface area contributed by atoms with Gasteiger partial charge in [0, 0.05) is 0 Å². The van der Waals surface area contributed by atoms with Crippen molar-refractivity contribution in [3.05, 3.63) is 28.8 Å². The lowest BCUT2D eigenvalue weighted by Gasteiger charge is -1.98. The van der Waals surface area contributed by atoms with Gasteiger partial charge in [-0.05, 0) is 18.2 Å². The molecule has 0 bridgehead atoms. The number of primary amides is 1. The Bertz CT molecular complexity index is 397. The number of halogens is 1. The molecule has 1 amide bonds. The highest BCUT2D eigenvalue weighted by atomic mass is 35.5. The highest BCUT2D eigenvalue weighted by molar-refractivity contribution is 6.33. The first kappa shape index (κ1) is 9.45. The number of rotatable bonds is 2. The minimum Gasteiger partial charge on any atom is -0.366 e. The van der Waals surface area contributed by atoms with E-state index >= 15 is 0 Å². The van der Waals surface area contributed by atoms with Crippen LogP contribution < -0.4 is 5.73 Å². The Kier molecular flexibility index (Phi) is 2.80. The fourth-order valence-corrected chi connectivity index (χ4v) is 1.04. The van der Waals surface area contributed by atoms with E-state index in [1.165, 1.54) is 24.3 Å². The minimum atomic E-state index is -0.659. The molecule has 66 valence electrons. The maximum atomic E-state index is 10.8. The first-order valence-electron chi connectivity index (χ1n) is 3.32. The van der Waals surface area contributed by atoms with Crippen molar-refractivity contribution in [3.63, 3.8) is 0 Å². The van der Waals surface area contributed by atoms with Crippen LogP contribution in [0.25, 0.3) is 0 Å². The molecule has 0 saturated carbocycles. The van der Waals surface area contributed by atoms with E-state index in [9.17, 15) is 9.59 Å². The molecule has 0 radical (unpaired) electrons. The fraction of sp³-hybridized carbons (Fsp3) is 0. The van der Waals surface area contributed by atoms with E-state index in [0.29, 0.717) is 5.69 Å². The van der Waals surface area contributed by atoms with E-state index in [1.807, 2.05) is 0 Å². The zero-order chi connectivity index (χ0) is 9.84. The Hall–Kier alpha value is -1.64. The molecule has 0 aliphatic heterocycles. The van der Waals surface area contributed by atoms with Crippen molar-refractivity contribution >= 4 is 29.3 Å². The second-order valence-electron chi connectivity index (χ2n) is 2.23. The summed E-state index contributed by atoms with van der Waals surface area (Å²) in [6.45, 7) is 0. The van der Waals surface area contributed by atoms with Gasteiger partial charge in [-0.15, -0.1) is 0 Å². The number of hydrogen-bond donors (Lipinski definition) is 1. The van der Waals surface area contributed by atoms with Crippen molar-refractivity contribution in [2.75, 3.05) is 0 Å². The first-order valence-corrected chi connectivity index (χ1v) is 3.70. The van der Waals surface area contributed by atoms with Crippen molar-refractivity contribution in [1.82, 2.24) is 0 Å². The van der Waals surface area contributed by atoms with Gasteiger partial charge in [0.15, 0.2) is 0 Å². The van der Waals surface area contributed by atoms with Crippen LogP contribution in [0.4, 0.5) is 5.69 Å². The van der Waals surface area contributed by atoms with Crippen LogP contribution in [0.2, 0.25) is 5.02 Å². The molecule has 4 nitrogen and oxygen atoms in total. The molecule has 0 unspecified atom stereocenters. The van der Waals surface area contributed by atoms with Crippen molar-refractivity contribution in [1.29, 1.82) is 0 Å². The van der Waals surface area contributed by atoms with Gasteiger partial charge in [0.1, 0.15) is 0 Å². The smallest absolute Gasteiger partial charge is 0.250 e. The summed E-state index contributed by atoms with van der Waals surface area (Å²) in [6.07, 6.45) is 1.35. The quantitative estimate of drug-likeness (QED) is 0.574. The summed E-state index contributed by atoms with van der Waals surface area (Å²) in [4.78, 5) is 24.0. The Balaban J connectivity index is 3.26. The van der Waals surface area contributed by atoms with E-state index in [2.05, 4.69) is 4.99 Å². The van der Waals surface area contributed by atoms with Gasteiger partial charge < -0.3 is 5.73 Å². The van der Waals surface area contributed by atoms with Gasteiger partial charge in [-0.2, -0.15) is 4.99 Å². The van der Waals surface area contributed by atoms with Crippen LogP contribution in [0.5, 0.6) is 0 Å². The summed E-state index contributed by atoms with van der Waals surface area (Å²) >= 11 is 5.65. The van der Waals surface area contributed by atoms with Crippen molar-refractivity contribution < 1.29 is 9.59 Å². The highest BCUT2D eigenvalue weighted by Crippen LogP contribution is 2.21. The predicted octanol–water partition coefficient (Wildman–Crippen LogP) is 1.41. The van der Waals surface area contributed by atoms with E-state index in [-0.39, 0.29) is 10.6 Å². The maximum Gasteiger partial charge on any atom is 0.250 e. The van der Waals surface area contributed by atoms with Gasteiger partial charge in [0.05, 0.1) is 16.3 Å². The molecule has 0 aliphatic carbocycles. The molecule has 0 heterocycles. The van der Waals surface area contributed by atoms with Crippen LogP contribution >= 0.6 is 11.6 Å². The number of isocyanates is 1. The minimum absolute atomic E-state index is 0.137. The van der Waals surface area contributed by atoms with Crippen molar-refractivity contribution in [3.8, 4) is 0 Å². The fourth-order valence-electron chi connectivity index (χ4n) is 0.824. The Morgan fingerprint density at radius 3 is 2.77 bits per heavy atom. The molecule has 0 atom stereocenters. The van der Waals surface area contributed by atoms with Crippen LogP contribution in [0.3, 0.4) is 0 Å². The van der Waals surface area contributed by atoms with Gasteiger partial charge in [0.25, 0.3) is 0 Å². The Labute approximate surface area is 79.0 Å². The average molecular weight is 197 g/mol. The Morgan fingerprint density at radius 1 is 1.54 bits per heavy atom.